The first-order chi connectivity index (χ1) is 18.5. The monoisotopic (exact) mass is 538 g/mol. The summed E-state index contributed by atoms with van der Waals surface area (Å²) in [6.45, 7) is 7.72. The summed E-state index contributed by atoms with van der Waals surface area (Å²) in [5, 5.41) is 7.20. The fraction of sp³-hybridized carbons (Fsp3) is 0.444. The Morgan fingerprint density at radius 2 is 1.90 bits per heavy atom. The number of benzene rings is 1. The molecule has 3 aromatic heterocycles. The van der Waals surface area contributed by atoms with Gasteiger partial charge in [-0.1, -0.05) is 20.8 Å². The predicted octanol–water partition coefficient (Wildman–Crippen LogP) is 4.97. The number of carbonyl (C=O) groups is 1. The van der Waals surface area contributed by atoms with Crippen LogP contribution in [0, 0.1) is 17.0 Å². The van der Waals surface area contributed by atoms with E-state index in [1.165, 1.54) is 29.6 Å². The van der Waals surface area contributed by atoms with Gasteiger partial charge in [-0.15, -0.1) is 0 Å². The molecule has 1 fully saturated rings. The van der Waals surface area contributed by atoms with Gasteiger partial charge in [-0.05, 0) is 41.6 Å². The molecule has 4 aromatic rings. The highest BCUT2D eigenvalue weighted by molar-refractivity contribution is 5.95. The van der Waals surface area contributed by atoms with Crippen molar-refractivity contribution < 1.29 is 18.1 Å². The van der Waals surface area contributed by atoms with E-state index in [1.54, 1.807) is 14.1 Å². The number of nitrogens with one attached hydrogen (secondary N) is 1. The number of anilines is 3. The fourth-order valence-corrected chi connectivity index (χ4v) is 4.79. The number of piperidine rings is 1. The maximum Gasteiger partial charge on any atom is 0.266 e. The Morgan fingerprint density at radius 1 is 1.15 bits per heavy atom. The number of amides is 1. The molecule has 0 radical (unpaired) electrons. The minimum atomic E-state index is -0.645. The van der Waals surface area contributed by atoms with Gasteiger partial charge in [-0.3, -0.25) is 4.79 Å². The molecule has 1 aliphatic heterocycles. The maximum atomic E-state index is 15.2. The number of hydrogen-bond acceptors (Lipinski definition) is 8. The molecule has 10 nitrogen and oxygen atoms in total. The summed E-state index contributed by atoms with van der Waals surface area (Å²) in [6.07, 6.45) is 4.91. The topological polar surface area (TPSA) is 105 Å². The third kappa shape index (κ3) is 5.55. The van der Waals surface area contributed by atoms with E-state index in [1.807, 2.05) is 4.57 Å². The quantitative estimate of drug-likeness (QED) is 0.367. The van der Waals surface area contributed by atoms with Gasteiger partial charge < -0.3 is 24.2 Å². The van der Waals surface area contributed by atoms with Crippen LogP contribution in [0.2, 0.25) is 0 Å². The van der Waals surface area contributed by atoms with Crippen molar-refractivity contribution in [1.29, 1.82) is 0 Å². The number of rotatable bonds is 6. The molecule has 0 saturated carbocycles. The molecule has 0 atom stereocenters. The zero-order valence-corrected chi connectivity index (χ0v) is 22.7. The first kappa shape index (κ1) is 26.5. The van der Waals surface area contributed by atoms with Gasteiger partial charge in [0.15, 0.2) is 5.82 Å². The van der Waals surface area contributed by atoms with Crippen LogP contribution in [0.4, 0.5) is 26.2 Å². The van der Waals surface area contributed by atoms with E-state index < -0.39 is 11.6 Å². The second-order valence-electron chi connectivity index (χ2n) is 11.3. The second kappa shape index (κ2) is 10.2. The molecule has 1 aromatic carbocycles. The molecule has 0 bridgehead atoms. The highest BCUT2D eigenvalue weighted by atomic mass is 19.1. The van der Waals surface area contributed by atoms with Gasteiger partial charge in [-0.2, -0.15) is 4.98 Å². The van der Waals surface area contributed by atoms with E-state index in [9.17, 15) is 9.18 Å². The summed E-state index contributed by atoms with van der Waals surface area (Å²) < 4.78 is 37.3. The second-order valence-corrected chi connectivity index (χ2v) is 11.3. The highest BCUT2D eigenvalue weighted by Crippen LogP contribution is 2.34. The van der Waals surface area contributed by atoms with Gasteiger partial charge in [0.05, 0.1) is 11.1 Å². The Morgan fingerprint density at radius 3 is 2.56 bits per heavy atom. The number of nitrogens with zero attached hydrogens (tertiary/aromatic N) is 7. The van der Waals surface area contributed by atoms with Crippen molar-refractivity contribution in [3.05, 3.63) is 53.8 Å². The van der Waals surface area contributed by atoms with Crippen molar-refractivity contribution in [3.63, 3.8) is 0 Å². The zero-order valence-electron chi connectivity index (χ0n) is 22.7. The lowest BCUT2D eigenvalue weighted by Gasteiger charge is -2.31. The third-order valence-electron chi connectivity index (χ3n) is 6.72. The Hall–Kier alpha value is -4.09. The van der Waals surface area contributed by atoms with E-state index in [4.69, 9.17) is 4.52 Å². The minimum Gasteiger partial charge on any atom is -0.345 e. The van der Waals surface area contributed by atoms with Crippen LogP contribution in [0.15, 0.2) is 35.2 Å². The molecule has 5 rings (SSSR count). The van der Waals surface area contributed by atoms with Crippen molar-refractivity contribution in [2.75, 3.05) is 37.4 Å². The molecule has 0 spiro atoms. The highest BCUT2D eigenvalue weighted by Gasteiger charge is 2.27. The number of aromatic nitrogens is 5. The summed E-state index contributed by atoms with van der Waals surface area (Å²) in [5.41, 5.74) is 0.768. The lowest BCUT2D eigenvalue weighted by atomic mass is 9.92. The largest absolute Gasteiger partial charge is 0.345 e. The predicted molar refractivity (Wildman–Crippen MR) is 143 cm³/mol. The van der Waals surface area contributed by atoms with Crippen LogP contribution < -0.4 is 10.2 Å². The molecule has 1 saturated heterocycles. The van der Waals surface area contributed by atoms with Crippen LogP contribution in [-0.4, -0.2) is 62.7 Å². The van der Waals surface area contributed by atoms with E-state index in [2.05, 4.69) is 51.1 Å². The Bertz CT molecular complexity index is 1500. The van der Waals surface area contributed by atoms with Gasteiger partial charge >= 0.3 is 0 Å². The third-order valence-corrected chi connectivity index (χ3v) is 6.72. The number of carbonyl (C=O) groups excluding carboxylic acids is 1. The zero-order chi connectivity index (χ0) is 27.9. The molecular weight excluding hydrogens is 506 g/mol. The summed E-state index contributed by atoms with van der Waals surface area (Å²) in [6, 6.07) is 4.10. The lowest BCUT2D eigenvalue weighted by Crippen LogP contribution is -2.35. The van der Waals surface area contributed by atoms with Crippen LogP contribution in [0.1, 0.15) is 55.9 Å². The molecule has 1 aliphatic rings. The van der Waals surface area contributed by atoms with Crippen LogP contribution in [0.25, 0.3) is 11.0 Å². The van der Waals surface area contributed by atoms with E-state index in [-0.39, 0.29) is 39.8 Å². The van der Waals surface area contributed by atoms with E-state index >= 15 is 4.39 Å². The van der Waals surface area contributed by atoms with Gasteiger partial charge in [0.25, 0.3) is 11.9 Å². The van der Waals surface area contributed by atoms with Gasteiger partial charge in [0.2, 0.25) is 5.89 Å². The molecule has 0 aliphatic carbocycles. The summed E-state index contributed by atoms with van der Waals surface area (Å²) in [7, 11) is 3.19. The van der Waals surface area contributed by atoms with Crippen LogP contribution in [0.5, 0.6) is 0 Å². The van der Waals surface area contributed by atoms with Crippen molar-refractivity contribution >= 4 is 34.4 Å². The lowest BCUT2D eigenvalue weighted by molar-refractivity contribution is 0.0827. The standard InChI is InChI=1S/C27H32F2N8O2/c1-27(2,3)13-21-33-26(34-39-21)36-10-8-17(9-11-36)37-14-19(29)22-23(30-15-31-24(22)37)32-20-7-6-16(12-18(20)28)25(38)35(4)5/h6-7,12,14-15,17H,8-11,13H2,1-5H3,(H,30,31,32). The summed E-state index contributed by atoms with van der Waals surface area (Å²) >= 11 is 0. The van der Waals surface area contributed by atoms with Crippen molar-refractivity contribution in [1.82, 2.24) is 29.6 Å². The molecule has 1 N–H and O–H groups in total. The molecular formula is C27H32F2N8O2. The molecule has 1 amide bonds. The van der Waals surface area contributed by atoms with Crippen molar-refractivity contribution in [2.45, 2.75) is 46.1 Å². The molecule has 4 heterocycles. The molecule has 12 heteroatoms. The van der Waals surface area contributed by atoms with Crippen LogP contribution in [0.3, 0.4) is 0 Å². The molecule has 206 valence electrons. The van der Waals surface area contributed by atoms with Crippen LogP contribution >= 0.6 is 0 Å². The molecule has 0 unspecified atom stereocenters. The van der Waals surface area contributed by atoms with E-state index in [0.717, 1.165) is 18.9 Å². The first-order valence-corrected chi connectivity index (χ1v) is 12.9. The number of halogens is 2. The van der Waals surface area contributed by atoms with Crippen molar-refractivity contribution in [3.8, 4) is 0 Å². The Labute approximate surface area is 225 Å². The average Bonchev–Trinajstić information content (AvgIpc) is 3.48. The summed E-state index contributed by atoms with van der Waals surface area (Å²) in [5.74, 6) is -0.120. The van der Waals surface area contributed by atoms with Crippen molar-refractivity contribution in [2.24, 2.45) is 5.41 Å². The summed E-state index contributed by atoms with van der Waals surface area (Å²) in [4.78, 5) is 28.7. The Kier molecular flexibility index (Phi) is 6.96. The number of fused-ring (bicyclic) bond motifs is 1. The fourth-order valence-electron chi connectivity index (χ4n) is 4.79. The maximum absolute atomic E-state index is 15.2. The van der Waals surface area contributed by atoms with Gasteiger partial charge in [0.1, 0.15) is 23.6 Å². The normalized spacial score (nSPS) is 14.7. The first-order valence-electron chi connectivity index (χ1n) is 12.9. The van der Waals surface area contributed by atoms with Crippen LogP contribution in [-0.2, 0) is 6.42 Å². The smallest absolute Gasteiger partial charge is 0.266 e. The van der Waals surface area contributed by atoms with Gasteiger partial charge in [0, 0.05) is 51.4 Å². The number of hydrogen-bond donors (Lipinski definition) is 1. The van der Waals surface area contributed by atoms with Gasteiger partial charge in [-0.25, -0.2) is 18.7 Å². The average molecular weight is 539 g/mol. The minimum absolute atomic E-state index is 0.00464. The Balaban J connectivity index is 1.33. The van der Waals surface area contributed by atoms with E-state index in [0.29, 0.717) is 37.0 Å². The molecule has 39 heavy (non-hydrogen) atoms. The SMILES string of the molecule is CN(C)C(=O)c1ccc(Nc2ncnc3c2c(F)cn3C2CCN(c3noc(CC(C)(C)C)n3)CC2)c(F)c1.